The number of benzene rings is 1. The molecule has 0 aliphatic heterocycles. The number of halogens is 1. The van der Waals surface area contributed by atoms with Crippen LogP contribution in [0, 0.1) is 28.5 Å². The highest BCUT2D eigenvalue weighted by molar-refractivity contribution is 5.84. The van der Waals surface area contributed by atoms with Crippen molar-refractivity contribution in [2.75, 3.05) is 7.05 Å². The summed E-state index contributed by atoms with van der Waals surface area (Å²) < 4.78 is 14.4. The Bertz CT molecular complexity index is 825. The maximum Gasteiger partial charge on any atom is 0.226 e. The van der Waals surface area contributed by atoms with E-state index in [0.717, 1.165) is 25.7 Å². The summed E-state index contributed by atoms with van der Waals surface area (Å²) in [5, 5.41) is 11.5. The van der Waals surface area contributed by atoms with Crippen molar-refractivity contribution >= 4 is 11.6 Å². The first kappa shape index (κ1) is 22.6. The van der Waals surface area contributed by atoms with E-state index in [4.69, 9.17) is 0 Å². The molecule has 2 aliphatic rings. The maximum atomic E-state index is 14.4. The predicted octanol–water partition coefficient (Wildman–Crippen LogP) is 6.39. The number of rotatable bonds is 6. The van der Waals surface area contributed by atoms with Gasteiger partial charge < -0.3 is 5.32 Å². The van der Waals surface area contributed by atoms with E-state index in [0.29, 0.717) is 23.2 Å². The van der Waals surface area contributed by atoms with Crippen LogP contribution < -0.4 is 5.32 Å². The van der Waals surface area contributed by atoms with Gasteiger partial charge in [0, 0.05) is 18.7 Å². The van der Waals surface area contributed by atoms with Crippen molar-refractivity contribution in [2.24, 2.45) is 32.9 Å². The first-order valence-corrected chi connectivity index (χ1v) is 11.3. The van der Waals surface area contributed by atoms with E-state index < -0.39 is 5.41 Å². The molecule has 1 amide bonds. The molecule has 2 aliphatic carbocycles. The molecular formula is C25H36FN3O. The summed E-state index contributed by atoms with van der Waals surface area (Å²) in [5.41, 5.74) is 0.428. The van der Waals surface area contributed by atoms with Gasteiger partial charge in [-0.3, -0.25) is 4.79 Å². The van der Waals surface area contributed by atoms with E-state index >= 15 is 0 Å². The Kier molecular flexibility index (Phi) is 6.78. The summed E-state index contributed by atoms with van der Waals surface area (Å²) in [7, 11) is 1.60. The quantitative estimate of drug-likeness (QED) is 0.540. The molecule has 0 spiro atoms. The van der Waals surface area contributed by atoms with Crippen LogP contribution in [0.5, 0.6) is 0 Å². The number of azo groups is 1. The van der Waals surface area contributed by atoms with Gasteiger partial charge in [-0.25, -0.2) is 4.39 Å². The van der Waals surface area contributed by atoms with Crippen LogP contribution in [0.1, 0.15) is 71.8 Å². The minimum absolute atomic E-state index is 0.140. The molecule has 164 valence electrons. The van der Waals surface area contributed by atoms with Gasteiger partial charge in [0.2, 0.25) is 5.91 Å². The summed E-state index contributed by atoms with van der Waals surface area (Å²) in [4.78, 5) is 13.3. The lowest BCUT2D eigenvalue weighted by Gasteiger charge is -2.42. The Morgan fingerprint density at radius 3 is 2.50 bits per heavy atom. The van der Waals surface area contributed by atoms with Gasteiger partial charge in [0.05, 0.1) is 11.1 Å². The van der Waals surface area contributed by atoms with Crippen LogP contribution in [0.3, 0.4) is 0 Å². The fraction of sp³-hybridized carbons (Fsp3) is 0.640. The third-order valence-electron chi connectivity index (χ3n) is 7.91. The number of nitrogens with one attached hydrogen (secondary N) is 1. The van der Waals surface area contributed by atoms with Crippen molar-refractivity contribution < 1.29 is 9.18 Å². The Balaban J connectivity index is 1.83. The van der Waals surface area contributed by atoms with Gasteiger partial charge in [-0.1, -0.05) is 58.7 Å². The van der Waals surface area contributed by atoms with E-state index in [1.165, 1.54) is 18.9 Å². The predicted molar refractivity (Wildman–Crippen MR) is 119 cm³/mol. The summed E-state index contributed by atoms with van der Waals surface area (Å²) in [6, 6.07) is 7.01. The van der Waals surface area contributed by atoms with Crippen LogP contribution in [0.15, 0.2) is 40.6 Å². The van der Waals surface area contributed by atoms with E-state index in [9.17, 15) is 9.18 Å². The Morgan fingerprint density at radius 1 is 1.20 bits per heavy atom. The van der Waals surface area contributed by atoms with Gasteiger partial charge in [-0.2, -0.15) is 10.2 Å². The van der Waals surface area contributed by atoms with Crippen LogP contribution in [0.2, 0.25) is 0 Å². The second-order valence-corrected chi connectivity index (χ2v) is 9.84. The molecule has 0 heterocycles. The molecule has 2 fully saturated rings. The van der Waals surface area contributed by atoms with Crippen LogP contribution in [0.4, 0.5) is 4.39 Å². The lowest BCUT2D eigenvalue weighted by atomic mass is 9.62. The van der Waals surface area contributed by atoms with Gasteiger partial charge >= 0.3 is 0 Å². The molecule has 0 bridgehead atoms. The molecule has 1 N–H and O–H groups in total. The molecule has 2 unspecified atom stereocenters. The molecular weight excluding hydrogens is 377 g/mol. The zero-order valence-corrected chi connectivity index (χ0v) is 19.0. The number of hydrogen-bond donors (Lipinski definition) is 1. The maximum absolute atomic E-state index is 14.4. The number of allylic oxidation sites excluding steroid dienone is 1. The van der Waals surface area contributed by atoms with Gasteiger partial charge in [-0.05, 0) is 55.1 Å². The smallest absolute Gasteiger partial charge is 0.226 e. The first-order valence-electron chi connectivity index (χ1n) is 11.3. The lowest BCUT2D eigenvalue weighted by Crippen LogP contribution is -2.50. The topological polar surface area (TPSA) is 53.8 Å². The summed E-state index contributed by atoms with van der Waals surface area (Å²) in [6.45, 7) is 8.71. The number of hydrogen-bond acceptors (Lipinski definition) is 3. The Labute approximate surface area is 180 Å². The van der Waals surface area contributed by atoms with Crippen molar-refractivity contribution in [2.45, 2.75) is 72.3 Å². The zero-order chi connectivity index (χ0) is 21.9. The average Bonchev–Trinajstić information content (AvgIpc) is 3.28. The number of carbonyl (C=O) groups is 1. The van der Waals surface area contributed by atoms with Crippen molar-refractivity contribution in [1.82, 2.24) is 5.32 Å². The van der Waals surface area contributed by atoms with Crippen LogP contribution in [-0.2, 0) is 4.79 Å². The zero-order valence-electron chi connectivity index (χ0n) is 19.0. The Morgan fingerprint density at radius 2 is 1.87 bits per heavy atom. The van der Waals surface area contributed by atoms with Gasteiger partial charge in [0.25, 0.3) is 0 Å². The summed E-state index contributed by atoms with van der Waals surface area (Å²) >= 11 is 0. The third-order valence-corrected chi connectivity index (χ3v) is 7.91. The molecule has 5 heteroatoms. The minimum Gasteiger partial charge on any atom is -0.353 e. The number of carbonyl (C=O) groups excluding carboxylic acids is 1. The first-order chi connectivity index (χ1) is 14.2. The summed E-state index contributed by atoms with van der Waals surface area (Å²) in [6.07, 6.45) is 8.47. The van der Waals surface area contributed by atoms with E-state index in [-0.39, 0.29) is 23.1 Å². The number of nitrogens with zero attached hydrogens (tertiary/aromatic N) is 2. The fourth-order valence-corrected chi connectivity index (χ4v) is 5.60. The van der Waals surface area contributed by atoms with E-state index in [2.05, 4.69) is 43.2 Å². The third kappa shape index (κ3) is 4.21. The highest BCUT2D eigenvalue weighted by atomic mass is 19.1. The molecule has 1 aromatic carbocycles. The van der Waals surface area contributed by atoms with Gasteiger partial charge in [-0.15, -0.1) is 0 Å². The van der Waals surface area contributed by atoms with Crippen LogP contribution >= 0.6 is 0 Å². The molecule has 4 nitrogen and oxygen atoms in total. The lowest BCUT2D eigenvalue weighted by molar-refractivity contribution is -0.137. The molecule has 3 atom stereocenters. The monoisotopic (exact) mass is 413 g/mol. The van der Waals surface area contributed by atoms with Crippen molar-refractivity contribution in [3.8, 4) is 0 Å². The molecule has 2 saturated carbocycles. The van der Waals surface area contributed by atoms with Gasteiger partial charge in [0.1, 0.15) is 5.82 Å². The molecule has 0 aromatic heterocycles. The van der Waals surface area contributed by atoms with Gasteiger partial charge in [0.15, 0.2) is 0 Å². The van der Waals surface area contributed by atoms with E-state index in [1.54, 1.807) is 19.2 Å². The molecule has 1 aromatic rings. The normalized spacial score (nSPS) is 28.2. The van der Waals surface area contributed by atoms with Crippen LogP contribution in [0.25, 0.3) is 5.70 Å². The number of amides is 1. The van der Waals surface area contributed by atoms with Crippen molar-refractivity contribution in [1.29, 1.82) is 0 Å². The van der Waals surface area contributed by atoms with E-state index in [1.807, 2.05) is 12.1 Å². The fourth-order valence-electron chi connectivity index (χ4n) is 5.60. The Hall–Kier alpha value is -2.04. The highest BCUT2D eigenvalue weighted by Crippen LogP contribution is 2.58. The largest absolute Gasteiger partial charge is 0.353 e. The molecule has 0 saturated heterocycles. The van der Waals surface area contributed by atoms with Crippen molar-refractivity contribution in [3.05, 3.63) is 41.7 Å². The second-order valence-electron chi connectivity index (χ2n) is 9.84. The highest BCUT2D eigenvalue weighted by Gasteiger charge is 2.56. The molecule has 0 radical (unpaired) electrons. The summed E-state index contributed by atoms with van der Waals surface area (Å²) in [5.74, 6) is 0.335. The standard InChI is InChI=1S/C25H36FN3O/c1-17(16-22(29-27-5)19-12-8-9-13-21(19)26)20-14-15-25(4,24(20,2)3)23(30)28-18-10-6-7-11-18/h8-9,12-13,16-18,20H,6-7,10-11,14-15H2,1-5H3,(H,28,30)/b22-16-,29-27-/t17?,20-,25?/m0/s1. The molecule has 30 heavy (non-hydrogen) atoms. The minimum atomic E-state index is -0.410. The van der Waals surface area contributed by atoms with Crippen LogP contribution in [-0.4, -0.2) is 19.0 Å². The van der Waals surface area contributed by atoms with Crippen molar-refractivity contribution in [3.63, 3.8) is 0 Å². The average molecular weight is 414 g/mol. The second kappa shape index (κ2) is 8.99. The SMILES string of the molecule is C/N=N\C(=C/C(C)[C@@H]1CCC(C)(C(=O)NC2CCCC2)C1(C)C)c1ccccc1F. The molecule has 3 rings (SSSR count).